The van der Waals surface area contributed by atoms with Gasteiger partial charge in [0.1, 0.15) is 12.8 Å². The van der Waals surface area contributed by atoms with E-state index >= 15 is 0 Å². The van der Waals surface area contributed by atoms with Gasteiger partial charge >= 0.3 is 6.09 Å². The fourth-order valence-electron chi connectivity index (χ4n) is 2.71. The number of ether oxygens (including phenoxy) is 1. The molecule has 23 heavy (non-hydrogen) atoms. The number of carbonyl (C=O) groups excluding carboxylic acids is 1. The second kappa shape index (κ2) is 6.82. The van der Waals surface area contributed by atoms with Crippen LogP contribution in [-0.4, -0.2) is 23.2 Å². The first-order valence-electron chi connectivity index (χ1n) is 7.85. The molecule has 0 radical (unpaired) electrons. The first-order chi connectivity index (χ1) is 11.2. The number of carbonyl (C=O) groups is 1. The number of alkyl halides is 1. The topological polar surface area (TPSA) is 29.5 Å². The van der Waals surface area contributed by atoms with Gasteiger partial charge in [-0.05, 0) is 18.1 Å². The van der Waals surface area contributed by atoms with Crippen molar-refractivity contribution >= 4 is 6.09 Å². The number of hydrogen-bond donors (Lipinski definition) is 0. The maximum absolute atomic E-state index is 13.6. The van der Waals surface area contributed by atoms with Crippen LogP contribution in [0, 0.1) is 0 Å². The van der Waals surface area contributed by atoms with Gasteiger partial charge in [0, 0.05) is 6.42 Å². The summed E-state index contributed by atoms with van der Waals surface area (Å²) in [6.45, 7) is 2.10. The fourth-order valence-corrected chi connectivity index (χ4v) is 2.71. The van der Waals surface area contributed by atoms with Crippen LogP contribution in [0.15, 0.2) is 60.7 Å². The minimum Gasteiger partial charge on any atom is -0.445 e. The predicted octanol–water partition coefficient (Wildman–Crippen LogP) is 4.50. The molecular formula is C19H20FNO2. The highest BCUT2D eigenvalue weighted by Gasteiger charge is 2.47. The van der Waals surface area contributed by atoms with Crippen LogP contribution in [0.1, 0.15) is 30.5 Å². The number of amides is 1. The molecular weight excluding hydrogens is 293 g/mol. The summed E-state index contributed by atoms with van der Waals surface area (Å²) in [5.74, 6) is 0. The van der Waals surface area contributed by atoms with Crippen molar-refractivity contribution < 1.29 is 13.9 Å². The van der Waals surface area contributed by atoms with Gasteiger partial charge in [-0.1, -0.05) is 60.7 Å². The van der Waals surface area contributed by atoms with E-state index in [1.54, 1.807) is 0 Å². The number of halogens is 1. The van der Waals surface area contributed by atoms with E-state index in [4.69, 9.17) is 4.74 Å². The zero-order chi connectivity index (χ0) is 16.2. The van der Waals surface area contributed by atoms with Crippen LogP contribution in [0.5, 0.6) is 0 Å². The lowest BCUT2D eigenvalue weighted by molar-refractivity contribution is 0.0761. The number of rotatable bonds is 5. The van der Waals surface area contributed by atoms with Crippen molar-refractivity contribution in [2.45, 2.75) is 38.2 Å². The van der Waals surface area contributed by atoms with E-state index in [0.717, 1.165) is 11.1 Å². The van der Waals surface area contributed by atoms with Crippen molar-refractivity contribution in [2.24, 2.45) is 0 Å². The van der Waals surface area contributed by atoms with Crippen molar-refractivity contribution in [2.75, 3.05) is 0 Å². The smallest absolute Gasteiger partial charge is 0.410 e. The molecule has 0 heterocycles. The lowest BCUT2D eigenvalue weighted by atomic mass is 10.1. The molecule has 0 bridgehead atoms. The molecule has 1 saturated carbocycles. The molecule has 1 amide bonds. The molecule has 0 aliphatic heterocycles. The molecule has 1 fully saturated rings. The quantitative estimate of drug-likeness (QED) is 0.813. The SMILES string of the molecule is CC(c1ccccc1)N(C(=O)OCc1ccccc1)C1CC1F. The summed E-state index contributed by atoms with van der Waals surface area (Å²) in [6, 6.07) is 18.5. The molecule has 0 N–H and O–H groups in total. The lowest BCUT2D eigenvalue weighted by Crippen LogP contribution is -2.37. The van der Waals surface area contributed by atoms with Crippen molar-refractivity contribution in [3.8, 4) is 0 Å². The Labute approximate surface area is 135 Å². The van der Waals surface area contributed by atoms with E-state index in [-0.39, 0.29) is 18.7 Å². The van der Waals surface area contributed by atoms with Gasteiger partial charge in [-0.25, -0.2) is 9.18 Å². The monoisotopic (exact) mass is 313 g/mol. The second-order valence-electron chi connectivity index (χ2n) is 5.85. The standard InChI is InChI=1S/C19H20FNO2/c1-14(16-10-6-3-7-11-16)21(18-12-17(18)20)19(22)23-13-15-8-4-2-5-9-15/h2-11,14,17-18H,12-13H2,1H3. The predicted molar refractivity (Wildman–Crippen MR) is 86.6 cm³/mol. The van der Waals surface area contributed by atoms with Crippen LogP contribution < -0.4 is 0 Å². The van der Waals surface area contributed by atoms with Gasteiger partial charge in [-0.2, -0.15) is 0 Å². The Morgan fingerprint density at radius 3 is 2.30 bits per heavy atom. The van der Waals surface area contributed by atoms with E-state index in [2.05, 4.69) is 0 Å². The fraction of sp³-hybridized carbons (Fsp3) is 0.316. The van der Waals surface area contributed by atoms with Crippen LogP contribution in [0.4, 0.5) is 9.18 Å². The van der Waals surface area contributed by atoms with Gasteiger partial charge in [-0.3, -0.25) is 4.90 Å². The van der Waals surface area contributed by atoms with E-state index in [1.165, 1.54) is 4.90 Å². The van der Waals surface area contributed by atoms with Crippen molar-refractivity contribution in [3.05, 3.63) is 71.8 Å². The zero-order valence-corrected chi connectivity index (χ0v) is 13.1. The van der Waals surface area contributed by atoms with E-state index < -0.39 is 12.3 Å². The van der Waals surface area contributed by atoms with Gasteiger partial charge in [0.2, 0.25) is 0 Å². The summed E-state index contributed by atoms with van der Waals surface area (Å²) >= 11 is 0. The molecule has 0 saturated heterocycles. The highest BCUT2D eigenvalue weighted by molar-refractivity contribution is 5.69. The molecule has 120 valence electrons. The van der Waals surface area contributed by atoms with Crippen LogP contribution in [-0.2, 0) is 11.3 Å². The van der Waals surface area contributed by atoms with Crippen LogP contribution in [0.2, 0.25) is 0 Å². The van der Waals surface area contributed by atoms with Crippen molar-refractivity contribution in [1.82, 2.24) is 4.90 Å². The molecule has 0 aromatic heterocycles. The third-order valence-electron chi connectivity index (χ3n) is 4.15. The van der Waals surface area contributed by atoms with Crippen LogP contribution >= 0.6 is 0 Å². The van der Waals surface area contributed by atoms with Gasteiger partial charge in [0.25, 0.3) is 0 Å². The Kier molecular flexibility index (Phi) is 4.60. The molecule has 1 aliphatic carbocycles. The molecule has 4 heteroatoms. The van der Waals surface area contributed by atoms with Gasteiger partial charge in [0.05, 0.1) is 12.1 Å². The summed E-state index contributed by atoms with van der Waals surface area (Å²) < 4.78 is 19.0. The molecule has 3 nitrogen and oxygen atoms in total. The van der Waals surface area contributed by atoms with Crippen molar-refractivity contribution in [1.29, 1.82) is 0 Å². The van der Waals surface area contributed by atoms with Crippen LogP contribution in [0.25, 0.3) is 0 Å². The van der Waals surface area contributed by atoms with E-state index in [1.807, 2.05) is 67.6 Å². The van der Waals surface area contributed by atoms with Gasteiger partial charge < -0.3 is 4.74 Å². The summed E-state index contributed by atoms with van der Waals surface area (Å²) in [4.78, 5) is 14.0. The zero-order valence-electron chi connectivity index (χ0n) is 13.1. The largest absolute Gasteiger partial charge is 0.445 e. The van der Waals surface area contributed by atoms with E-state index in [0.29, 0.717) is 6.42 Å². The highest BCUT2D eigenvalue weighted by Crippen LogP contribution is 2.37. The lowest BCUT2D eigenvalue weighted by Gasteiger charge is -2.28. The maximum Gasteiger partial charge on any atom is 0.410 e. The third kappa shape index (κ3) is 3.70. The van der Waals surface area contributed by atoms with E-state index in [9.17, 15) is 9.18 Å². The summed E-state index contributed by atoms with van der Waals surface area (Å²) in [5, 5.41) is 0. The summed E-state index contributed by atoms with van der Waals surface area (Å²) in [5.41, 5.74) is 1.89. The minimum absolute atomic E-state index is 0.196. The molecule has 2 aromatic rings. The van der Waals surface area contributed by atoms with Gasteiger partial charge in [-0.15, -0.1) is 0 Å². The third-order valence-corrected chi connectivity index (χ3v) is 4.15. The van der Waals surface area contributed by atoms with Crippen LogP contribution in [0.3, 0.4) is 0 Å². The number of nitrogens with zero attached hydrogens (tertiary/aromatic N) is 1. The Hall–Kier alpha value is -2.36. The molecule has 1 aliphatic rings. The maximum atomic E-state index is 13.6. The first-order valence-corrected chi connectivity index (χ1v) is 7.85. The van der Waals surface area contributed by atoms with Gasteiger partial charge in [0.15, 0.2) is 0 Å². The normalized spacial score (nSPS) is 20.6. The number of hydrogen-bond acceptors (Lipinski definition) is 2. The average molecular weight is 313 g/mol. The summed E-state index contributed by atoms with van der Waals surface area (Å²) in [7, 11) is 0. The molecule has 3 unspecified atom stereocenters. The number of benzene rings is 2. The Balaban J connectivity index is 1.70. The Morgan fingerprint density at radius 2 is 1.74 bits per heavy atom. The van der Waals surface area contributed by atoms with Crippen molar-refractivity contribution in [3.63, 3.8) is 0 Å². The molecule has 2 aromatic carbocycles. The Bertz CT molecular complexity index is 647. The molecule has 0 spiro atoms. The molecule has 3 atom stereocenters. The first kappa shape index (κ1) is 15.5. The minimum atomic E-state index is -0.953. The average Bonchev–Trinajstić information content (AvgIpc) is 3.31. The summed E-state index contributed by atoms with van der Waals surface area (Å²) in [6.07, 6.45) is -1.03. The Morgan fingerprint density at radius 1 is 1.17 bits per heavy atom. The molecule has 3 rings (SSSR count). The highest BCUT2D eigenvalue weighted by atomic mass is 19.1. The second-order valence-corrected chi connectivity index (χ2v) is 5.85.